The number of carbonyl (C=O) groups excluding carboxylic acids is 4. The van der Waals surface area contributed by atoms with Crippen molar-refractivity contribution in [2.24, 2.45) is 9.98 Å². The van der Waals surface area contributed by atoms with Crippen LogP contribution in [-0.4, -0.2) is 212 Å². The van der Waals surface area contributed by atoms with Crippen molar-refractivity contribution < 1.29 is 88.5 Å². The second-order valence-electron chi connectivity index (χ2n) is 16.5. The average molecular weight is 1090 g/mol. The van der Waals surface area contributed by atoms with E-state index in [0.29, 0.717) is 23.9 Å². The normalized spacial score (nSPS) is 21.6. The van der Waals surface area contributed by atoms with Crippen molar-refractivity contribution in [2.45, 2.75) is 90.6 Å². The van der Waals surface area contributed by atoms with Crippen molar-refractivity contribution in [3.63, 3.8) is 0 Å². The van der Waals surface area contributed by atoms with Gasteiger partial charge in [0.15, 0.2) is 46.4 Å². The van der Waals surface area contributed by atoms with E-state index in [1.165, 1.54) is 43.5 Å². The van der Waals surface area contributed by atoms with Crippen LogP contribution in [0, 0.1) is 13.8 Å². The van der Waals surface area contributed by atoms with Gasteiger partial charge in [0.1, 0.15) is 58.9 Å². The predicted octanol–water partition coefficient (Wildman–Crippen LogP) is -0.368. The third-order valence-corrected chi connectivity index (χ3v) is 11.5. The third kappa shape index (κ3) is 11.7. The maximum atomic E-state index is 12.3. The molecule has 2 saturated heterocycles. The number of esters is 4. The summed E-state index contributed by atoms with van der Waals surface area (Å²) in [6.45, 7) is 9.14. The number of rotatable bonds is 18. The number of aryl methyl sites for hydroxylation is 2. The topological polar surface area (TPSA) is 433 Å². The zero-order chi connectivity index (χ0) is 56.5. The molecule has 0 aliphatic carbocycles. The highest BCUT2D eigenvalue weighted by Gasteiger charge is 2.45. The minimum absolute atomic E-state index is 0.0716. The molecular formula is C46H54N14O18. The summed E-state index contributed by atoms with van der Waals surface area (Å²) < 4.78 is 36.2. The molecule has 6 aromatic rings. The molecule has 8 N–H and O–H groups in total. The van der Waals surface area contributed by atoms with Crippen molar-refractivity contribution in [2.75, 3.05) is 39.6 Å². The number of ether oxygens (including phenoxy) is 6. The van der Waals surface area contributed by atoms with Crippen molar-refractivity contribution in [1.82, 2.24) is 58.6 Å². The summed E-state index contributed by atoms with van der Waals surface area (Å²) in [4.78, 5) is 83.3. The van der Waals surface area contributed by atoms with Crippen LogP contribution in [0.1, 0.15) is 72.3 Å². The number of nitrogens with zero attached hydrogens (tertiary/aromatic N) is 14. The maximum absolute atomic E-state index is 12.3. The molecule has 32 nitrogen and oxygen atoms in total. The fourth-order valence-electron chi connectivity index (χ4n) is 7.67. The molecule has 416 valence electrons. The molecule has 8 heterocycles. The third-order valence-electron chi connectivity index (χ3n) is 11.5. The number of hydrogen-bond donors (Lipinski definition) is 8. The number of fused-ring (bicyclic) bond motifs is 2. The van der Waals surface area contributed by atoms with Gasteiger partial charge in [-0.2, -0.15) is 30.1 Å². The first-order valence-electron chi connectivity index (χ1n) is 23.8. The summed E-state index contributed by atoms with van der Waals surface area (Å²) in [7, 11) is 0. The van der Waals surface area contributed by atoms with Crippen LogP contribution >= 0.6 is 0 Å². The molecular weight excluding hydrogens is 1040 g/mol. The molecule has 2 aliphatic heterocycles. The minimum atomic E-state index is -1.43. The van der Waals surface area contributed by atoms with E-state index >= 15 is 0 Å². The molecule has 0 amide bonds. The van der Waals surface area contributed by atoms with Crippen molar-refractivity contribution in [3.05, 3.63) is 71.2 Å². The van der Waals surface area contributed by atoms with Crippen LogP contribution in [0.4, 0.5) is 11.6 Å². The standard InChI is InChI=1S/2C23H27N7O9/c2*1-4-37-21(35)12(8-31)6-24-18-15-19(29(10-25-15)20-17(34)16(33)14(9-32)39-20)27-23(26-18)30-7-13(11(3)28-30)22(36)38-5-2/h2*6-8,10,14,16-17,20,31-34H,4-5,9H2,1-3H3/t2*14-,16-,17-,20?/m11/s1. The Morgan fingerprint density at radius 2 is 0.962 bits per heavy atom. The molecule has 2 aliphatic rings. The summed E-state index contributed by atoms with van der Waals surface area (Å²) in [6.07, 6.45) is -1.69. The Balaban J connectivity index is 0.000000226. The lowest BCUT2D eigenvalue weighted by molar-refractivity contribution is -0.138. The van der Waals surface area contributed by atoms with Gasteiger partial charge < -0.3 is 69.3 Å². The van der Waals surface area contributed by atoms with E-state index in [2.05, 4.69) is 50.1 Å². The van der Waals surface area contributed by atoms with Gasteiger partial charge in [-0.15, -0.1) is 0 Å². The second-order valence-corrected chi connectivity index (χ2v) is 16.5. The number of aliphatic hydroxyl groups is 8. The Hall–Kier alpha value is -8.50. The van der Waals surface area contributed by atoms with Gasteiger partial charge in [0.05, 0.1) is 76.2 Å². The molecule has 8 atom stereocenters. The Morgan fingerprint density at radius 3 is 1.28 bits per heavy atom. The molecule has 0 bridgehead atoms. The van der Waals surface area contributed by atoms with Crippen LogP contribution in [0.2, 0.25) is 0 Å². The largest absolute Gasteiger partial charge is 0.515 e. The van der Waals surface area contributed by atoms with Crippen LogP contribution in [0.15, 0.2) is 58.7 Å². The molecule has 2 fully saturated rings. The molecule has 32 heteroatoms. The van der Waals surface area contributed by atoms with Gasteiger partial charge in [0.25, 0.3) is 11.9 Å². The number of aromatic nitrogens is 12. The van der Waals surface area contributed by atoms with Crippen LogP contribution < -0.4 is 0 Å². The molecule has 8 rings (SSSR count). The first-order chi connectivity index (χ1) is 37.5. The fraction of sp³-hybridized carbons (Fsp3) is 0.435. The smallest absolute Gasteiger partial charge is 0.342 e. The van der Waals surface area contributed by atoms with Crippen LogP contribution in [0.5, 0.6) is 0 Å². The molecule has 78 heavy (non-hydrogen) atoms. The summed E-state index contributed by atoms with van der Waals surface area (Å²) in [5.74, 6) is -3.14. The highest BCUT2D eigenvalue weighted by Crippen LogP contribution is 2.35. The summed E-state index contributed by atoms with van der Waals surface area (Å²) >= 11 is 0. The van der Waals surface area contributed by atoms with E-state index in [9.17, 15) is 60.0 Å². The first kappa shape index (κ1) is 57.2. The van der Waals surface area contributed by atoms with Crippen molar-refractivity contribution in [3.8, 4) is 11.9 Å². The maximum Gasteiger partial charge on any atom is 0.342 e. The van der Waals surface area contributed by atoms with E-state index in [4.69, 9.17) is 28.4 Å². The highest BCUT2D eigenvalue weighted by molar-refractivity contribution is 6.10. The number of imidazole rings is 2. The average Bonchev–Trinajstić information content (AvgIpc) is 4.36. The van der Waals surface area contributed by atoms with E-state index in [-0.39, 0.29) is 94.6 Å². The molecule has 2 unspecified atom stereocenters. The number of aliphatic hydroxyl groups excluding tert-OH is 8. The zero-order valence-corrected chi connectivity index (χ0v) is 42.4. The van der Waals surface area contributed by atoms with Gasteiger partial charge in [0.2, 0.25) is 0 Å². The Labute approximate surface area is 439 Å². The Kier molecular flexibility index (Phi) is 18.4. The van der Waals surface area contributed by atoms with Gasteiger partial charge in [-0.1, -0.05) is 0 Å². The van der Waals surface area contributed by atoms with E-state index in [1.807, 2.05) is 0 Å². The van der Waals surface area contributed by atoms with Crippen LogP contribution in [0.3, 0.4) is 0 Å². The van der Waals surface area contributed by atoms with E-state index in [0.717, 1.165) is 12.4 Å². The molecule has 0 saturated carbocycles. The number of carbonyl (C=O) groups is 4. The van der Waals surface area contributed by atoms with Gasteiger partial charge >= 0.3 is 23.9 Å². The summed E-state index contributed by atoms with van der Waals surface area (Å²) in [5.41, 5.74) is 0.855. The lowest BCUT2D eigenvalue weighted by Crippen LogP contribution is -2.33. The Bertz CT molecular complexity index is 3080. The lowest BCUT2D eigenvalue weighted by atomic mass is 10.1. The second kappa shape index (κ2) is 25.1. The van der Waals surface area contributed by atoms with Gasteiger partial charge in [-0.05, 0) is 41.5 Å². The van der Waals surface area contributed by atoms with Gasteiger partial charge in [0, 0.05) is 24.8 Å². The van der Waals surface area contributed by atoms with Crippen molar-refractivity contribution >= 4 is 70.3 Å². The molecule has 0 aromatic carbocycles. The van der Waals surface area contributed by atoms with Crippen LogP contribution in [0.25, 0.3) is 34.2 Å². The minimum Gasteiger partial charge on any atom is -0.515 e. The summed E-state index contributed by atoms with van der Waals surface area (Å²) in [6, 6.07) is 0. The summed E-state index contributed by atoms with van der Waals surface area (Å²) in [5, 5.41) is 88.0. The SMILES string of the molecule is CCOC(=O)C(C=Nc1nc(-n2cc(C(=O)OCC)c(C)n2)nc2c1ncn2C1O[C@H](CO)[C@@H](O)[C@H]1O)=CO.CCOC(=O)C(C=Nc1nc(-n2cc(C(=O)OCC)c(C)n2)nc2c1ncn2C1O[C@H](CO)[C@@H](O)[C@H]1O)=CO. The van der Waals surface area contributed by atoms with Gasteiger partial charge in [-0.3, -0.25) is 9.13 Å². The first-order valence-corrected chi connectivity index (χ1v) is 23.8. The quantitative estimate of drug-likeness (QED) is 0.0179. The van der Waals surface area contributed by atoms with Crippen LogP contribution in [-0.2, 0) is 38.0 Å². The van der Waals surface area contributed by atoms with E-state index in [1.54, 1.807) is 41.5 Å². The highest BCUT2D eigenvalue weighted by atomic mass is 16.6. The Morgan fingerprint density at radius 1 is 0.590 bits per heavy atom. The van der Waals surface area contributed by atoms with Crippen molar-refractivity contribution in [1.29, 1.82) is 0 Å². The van der Waals surface area contributed by atoms with Gasteiger partial charge in [-0.25, -0.2) is 48.5 Å². The molecule has 0 spiro atoms. The fourth-order valence-corrected chi connectivity index (χ4v) is 7.67. The monoisotopic (exact) mass is 1090 g/mol. The molecule has 0 radical (unpaired) electrons. The number of hydrogen-bond acceptors (Lipinski definition) is 28. The number of aliphatic imine (C=N–C) groups is 2. The molecule has 6 aromatic heterocycles. The zero-order valence-electron chi connectivity index (χ0n) is 42.4. The lowest BCUT2D eigenvalue weighted by Gasteiger charge is -2.16. The van der Waals surface area contributed by atoms with E-state index < -0.39 is 86.2 Å². The predicted molar refractivity (Wildman–Crippen MR) is 263 cm³/mol.